The molecule has 1 atom stereocenters. The van der Waals surface area contributed by atoms with Crippen LogP contribution >= 0.6 is 0 Å². The predicted molar refractivity (Wildman–Crippen MR) is 61.1 cm³/mol. The fourth-order valence-corrected chi connectivity index (χ4v) is 2.13. The fraction of sp³-hybridized carbons (Fsp3) is 0.500. The van der Waals surface area contributed by atoms with E-state index in [1.807, 2.05) is 6.92 Å². The third kappa shape index (κ3) is 2.75. The summed E-state index contributed by atoms with van der Waals surface area (Å²) >= 11 is 0. The SMILES string of the molecule is C[C@H]1CNCCN1c1cc(F)cc(C(F)(F)F)c1. The average molecular weight is 262 g/mol. The van der Waals surface area contributed by atoms with Gasteiger partial charge in [0.25, 0.3) is 0 Å². The summed E-state index contributed by atoms with van der Waals surface area (Å²) in [6.45, 7) is 3.83. The Bertz CT molecular complexity index is 431. The van der Waals surface area contributed by atoms with Crippen molar-refractivity contribution in [3.63, 3.8) is 0 Å². The standard InChI is InChI=1S/C12H14F4N2/c1-8-7-17-2-3-18(8)11-5-9(12(14,15)16)4-10(13)6-11/h4-6,8,17H,2-3,7H2,1H3/t8-/m0/s1. The number of hydrogen-bond donors (Lipinski definition) is 1. The normalized spacial score (nSPS) is 21.2. The number of benzene rings is 1. The minimum Gasteiger partial charge on any atom is -0.366 e. The monoisotopic (exact) mass is 262 g/mol. The van der Waals surface area contributed by atoms with Crippen molar-refractivity contribution in [3.05, 3.63) is 29.6 Å². The van der Waals surface area contributed by atoms with Gasteiger partial charge in [-0.1, -0.05) is 0 Å². The van der Waals surface area contributed by atoms with Crippen molar-refractivity contribution in [2.24, 2.45) is 0 Å². The van der Waals surface area contributed by atoms with Crippen LogP contribution in [0.3, 0.4) is 0 Å². The van der Waals surface area contributed by atoms with E-state index in [0.717, 1.165) is 12.1 Å². The van der Waals surface area contributed by atoms with Crippen LogP contribution in [0.25, 0.3) is 0 Å². The summed E-state index contributed by atoms with van der Waals surface area (Å²) < 4.78 is 51.1. The topological polar surface area (TPSA) is 15.3 Å². The van der Waals surface area contributed by atoms with Gasteiger partial charge >= 0.3 is 6.18 Å². The lowest BCUT2D eigenvalue weighted by Gasteiger charge is -2.36. The molecular formula is C12H14F4N2. The van der Waals surface area contributed by atoms with Gasteiger partial charge in [0.1, 0.15) is 5.82 Å². The zero-order valence-corrected chi connectivity index (χ0v) is 9.89. The van der Waals surface area contributed by atoms with Crippen LogP contribution in [0.4, 0.5) is 23.2 Å². The minimum absolute atomic E-state index is 0.0432. The molecule has 1 aromatic carbocycles. The first-order valence-electron chi connectivity index (χ1n) is 5.73. The molecule has 0 aliphatic carbocycles. The number of hydrogen-bond acceptors (Lipinski definition) is 2. The molecule has 0 spiro atoms. The van der Waals surface area contributed by atoms with Crippen molar-refractivity contribution in [2.75, 3.05) is 24.5 Å². The Labute approximate surface area is 103 Å². The molecule has 100 valence electrons. The Morgan fingerprint density at radius 2 is 2.00 bits per heavy atom. The fourth-order valence-electron chi connectivity index (χ4n) is 2.13. The highest BCUT2D eigenvalue weighted by atomic mass is 19.4. The van der Waals surface area contributed by atoms with Crippen molar-refractivity contribution in [3.8, 4) is 0 Å². The molecular weight excluding hydrogens is 248 g/mol. The van der Waals surface area contributed by atoms with Gasteiger partial charge in [-0.05, 0) is 25.1 Å². The smallest absolute Gasteiger partial charge is 0.366 e. The van der Waals surface area contributed by atoms with Crippen LogP contribution in [0.1, 0.15) is 12.5 Å². The van der Waals surface area contributed by atoms with Gasteiger partial charge in [0, 0.05) is 31.4 Å². The quantitative estimate of drug-likeness (QED) is 0.783. The van der Waals surface area contributed by atoms with E-state index >= 15 is 0 Å². The second-order valence-electron chi connectivity index (χ2n) is 4.44. The average Bonchev–Trinajstić information content (AvgIpc) is 2.27. The number of nitrogens with zero attached hydrogens (tertiary/aromatic N) is 1. The molecule has 0 radical (unpaired) electrons. The third-order valence-corrected chi connectivity index (χ3v) is 3.04. The highest BCUT2D eigenvalue weighted by Gasteiger charge is 2.32. The summed E-state index contributed by atoms with van der Waals surface area (Å²) in [5.74, 6) is -0.856. The lowest BCUT2D eigenvalue weighted by atomic mass is 10.1. The maximum atomic E-state index is 13.3. The molecule has 1 saturated heterocycles. The lowest BCUT2D eigenvalue weighted by molar-refractivity contribution is -0.137. The molecule has 0 aromatic heterocycles. The zero-order valence-electron chi connectivity index (χ0n) is 9.89. The molecule has 1 aliphatic heterocycles. The van der Waals surface area contributed by atoms with Gasteiger partial charge in [0.05, 0.1) is 5.56 Å². The number of rotatable bonds is 1. The summed E-state index contributed by atoms with van der Waals surface area (Å²) in [6, 6.07) is 2.72. The maximum absolute atomic E-state index is 13.3. The van der Waals surface area contributed by atoms with Crippen molar-refractivity contribution < 1.29 is 17.6 Å². The van der Waals surface area contributed by atoms with E-state index in [1.165, 1.54) is 0 Å². The van der Waals surface area contributed by atoms with E-state index in [1.54, 1.807) is 4.90 Å². The second kappa shape index (κ2) is 4.76. The Morgan fingerprint density at radius 1 is 1.28 bits per heavy atom. The molecule has 1 fully saturated rings. The van der Waals surface area contributed by atoms with E-state index in [2.05, 4.69) is 5.32 Å². The summed E-state index contributed by atoms with van der Waals surface area (Å²) in [6.07, 6.45) is -4.52. The molecule has 0 saturated carbocycles. The number of alkyl halides is 3. The summed E-state index contributed by atoms with van der Waals surface area (Å²) in [5, 5.41) is 3.14. The van der Waals surface area contributed by atoms with E-state index in [0.29, 0.717) is 25.7 Å². The van der Waals surface area contributed by atoms with E-state index in [4.69, 9.17) is 0 Å². The van der Waals surface area contributed by atoms with Gasteiger partial charge in [-0.25, -0.2) is 4.39 Å². The van der Waals surface area contributed by atoms with Crippen LogP contribution in [-0.2, 0) is 6.18 Å². The summed E-state index contributed by atoms with van der Waals surface area (Å²) in [5.41, 5.74) is -0.653. The third-order valence-electron chi connectivity index (χ3n) is 3.04. The predicted octanol–water partition coefficient (Wildman–Crippen LogP) is 2.64. The van der Waals surface area contributed by atoms with Crippen LogP contribution in [0.5, 0.6) is 0 Å². The number of nitrogens with one attached hydrogen (secondary N) is 1. The van der Waals surface area contributed by atoms with E-state index in [-0.39, 0.29) is 11.7 Å². The second-order valence-corrected chi connectivity index (χ2v) is 4.44. The van der Waals surface area contributed by atoms with Crippen LogP contribution in [0.2, 0.25) is 0 Å². The molecule has 0 unspecified atom stereocenters. The molecule has 1 N–H and O–H groups in total. The highest BCUT2D eigenvalue weighted by molar-refractivity contribution is 5.51. The number of anilines is 1. The maximum Gasteiger partial charge on any atom is 0.416 e. The van der Waals surface area contributed by atoms with Gasteiger partial charge in [-0.3, -0.25) is 0 Å². The Balaban J connectivity index is 2.35. The van der Waals surface area contributed by atoms with Crippen molar-refractivity contribution in [1.82, 2.24) is 5.32 Å². The first-order valence-corrected chi connectivity index (χ1v) is 5.73. The van der Waals surface area contributed by atoms with Crippen LogP contribution in [0, 0.1) is 5.82 Å². The molecule has 0 bridgehead atoms. The molecule has 2 nitrogen and oxygen atoms in total. The first kappa shape index (κ1) is 13.1. The number of piperazine rings is 1. The largest absolute Gasteiger partial charge is 0.416 e. The van der Waals surface area contributed by atoms with E-state index in [9.17, 15) is 17.6 Å². The molecule has 2 rings (SSSR count). The zero-order chi connectivity index (χ0) is 13.3. The van der Waals surface area contributed by atoms with Crippen molar-refractivity contribution in [1.29, 1.82) is 0 Å². The molecule has 0 amide bonds. The van der Waals surface area contributed by atoms with Crippen LogP contribution in [0.15, 0.2) is 18.2 Å². The van der Waals surface area contributed by atoms with E-state index < -0.39 is 17.6 Å². The van der Waals surface area contributed by atoms with Gasteiger partial charge in [-0.15, -0.1) is 0 Å². The Kier molecular flexibility index (Phi) is 3.47. The van der Waals surface area contributed by atoms with Crippen LogP contribution in [-0.4, -0.2) is 25.7 Å². The van der Waals surface area contributed by atoms with Gasteiger partial charge in [0.2, 0.25) is 0 Å². The van der Waals surface area contributed by atoms with Crippen molar-refractivity contribution in [2.45, 2.75) is 19.1 Å². The van der Waals surface area contributed by atoms with Crippen molar-refractivity contribution >= 4 is 5.69 Å². The minimum atomic E-state index is -4.52. The molecule has 6 heteroatoms. The summed E-state index contributed by atoms with van der Waals surface area (Å²) in [7, 11) is 0. The van der Waals surface area contributed by atoms with Gasteiger partial charge in [0.15, 0.2) is 0 Å². The first-order chi connectivity index (χ1) is 8.38. The Morgan fingerprint density at radius 3 is 2.61 bits per heavy atom. The molecule has 1 heterocycles. The molecule has 1 aromatic rings. The highest BCUT2D eigenvalue weighted by Crippen LogP contribution is 2.33. The number of halogens is 4. The molecule has 18 heavy (non-hydrogen) atoms. The van der Waals surface area contributed by atoms with Gasteiger partial charge < -0.3 is 10.2 Å². The summed E-state index contributed by atoms with van der Waals surface area (Å²) in [4.78, 5) is 1.79. The Hall–Kier alpha value is -1.30. The van der Waals surface area contributed by atoms with Gasteiger partial charge in [-0.2, -0.15) is 13.2 Å². The lowest BCUT2D eigenvalue weighted by Crippen LogP contribution is -2.50. The van der Waals surface area contributed by atoms with Crippen LogP contribution < -0.4 is 10.2 Å². The molecule has 1 aliphatic rings.